The number of amides is 1. The quantitative estimate of drug-likeness (QED) is 0.537. The summed E-state index contributed by atoms with van der Waals surface area (Å²) in [6.45, 7) is 5.28. The smallest absolute Gasteiger partial charge is 0.273 e. The topological polar surface area (TPSA) is 76.8 Å². The zero-order valence-corrected chi connectivity index (χ0v) is 18.1. The Labute approximate surface area is 186 Å². The van der Waals surface area contributed by atoms with Crippen LogP contribution in [0.2, 0.25) is 0 Å². The van der Waals surface area contributed by atoms with E-state index in [4.69, 9.17) is 13.9 Å². The molecule has 0 saturated heterocycles. The fourth-order valence-corrected chi connectivity index (χ4v) is 3.41. The summed E-state index contributed by atoms with van der Waals surface area (Å²) in [7, 11) is 0. The van der Waals surface area contributed by atoms with E-state index in [1.54, 1.807) is 18.2 Å². The molecule has 0 bridgehead atoms. The highest BCUT2D eigenvalue weighted by Gasteiger charge is 2.19. The maximum absolute atomic E-state index is 14.3. The van der Waals surface area contributed by atoms with Crippen molar-refractivity contribution in [3.05, 3.63) is 77.3 Å². The molecule has 0 radical (unpaired) electrons. The van der Waals surface area contributed by atoms with Gasteiger partial charge >= 0.3 is 0 Å². The number of ether oxygens (including phenoxy) is 2. The van der Waals surface area contributed by atoms with E-state index < -0.39 is 0 Å². The molecule has 1 atom stereocenters. The summed E-state index contributed by atoms with van der Waals surface area (Å²) in [4.78, 5) is 18.7. The van der Waals surface area contributed by atoms with Crippen LogP contribution < -0.4 is 14.8 Å². The second kappa shape index (κ2) is 9.82. The molecule has 1 aliphatic rings. The van der Waals surface area contributed by atoms with Crippen LogP contribution in [0.5, 0.6) is 11.5 Å². The van der Waals surface area contributed by atoms with Crippen LogP contribution >= 0.6 is 0 Å². The second-order valence-electron chi connectivity index (χ2n) is 7.83. The lowest BCUT2D eigenvalue weighted by atomic mass is 10.1. The van der Waals surface area contributed by atoms with Crippen LogP contribution in [0.4, 0.5) is 4.39 Å². The van der Waals surface area contributed by atoms with E-state index in [0.717, 1.165) is 12.0 Å². The van der Waals surface area contributed by atoms with Gasteiger partial charge in [0, 0.05) is 24.7 Å². The molecular weight excluding hydrogens is 413 g/mol. The highest BCUT2D eigenvalue weighted by atomic mass is 19.1. The van der Waals surface area contributed by atoms with Gasteiger partial charge in [0.25, 0.3) is 5.91 Å². The number of benzene rings is 2. The Morgan fingerprint density at radius 1 is 1.16 bits per heavy atom. The van der Waals surface area contributed by atoms with Crippen molar-refractivity contribution >= 4 is 5.91 Å². The average Bonchev–Trinajstić information content (AvgIpc) is 3.44. The van der Waals surface area contributed by atoms with Crippen LogP contribution in [0.3, 0.4) is 0 Å². The summed E-state index contributed by atoms with van der Waals surface area (Å²) in [5, 5.41) is 2.87. The number of rotatable bonds is 9. The van der Waals surface area contributed by atoms with Gasteiger partial charge in [-0.2, -0.15) is 0 Å². The van der Waals surface area contributed by atoms with Gasteiger partial charge in [-0.25, -0.2) is 9.37 Å². The number of halogens is 1. The van der Waals surface area contributed by atoms with E-state index in [9.17, 15) is 9.18 Å². The zero-order chi connectivity index (χ0) is 22.5. The van der Waals surface area contributed by atoms with E-state index >= 15 is 0 Å². The second-order valence-corrected chi connectivity index (χ2v) is 7.83. The Balaban J connectivity index is 1.51. The standard InChI is InChI=1S/C24H26FN3O4/c1-3-16(2)26-24(29)20-14-30-23(27-20)13-28(12-18-6-4-5-7-19(18)25)11-17-8-9-21-22(10-17)32-15-31-21/h4-10,14,16H,3,11-13,15H2,1-2H3,(H,26,29)/t16-/m1/s1. The van der Waals surface area contributed by atoms with Gasteiger partial charge in [-0.15, -0.1) is 0 Å². The van der Waals surface area contributed by atoms with Crippen LogP contribution in [0.15, 0.2) is 53.1 Å². The van der Waals surface area contributed by atoms with E-state index in [0.29, 0.717) is 42.6 Å². The molecule has 0 aliphatic carbocycles. The highest BCUT2D eigenvalue weighted by Crippen LogP contribution is 2.33. The predicted molar refractivity (Wildman–Crippen MR) is 116 cm³/mol. The van der Waals surface area contributed by atoms with Crippen molar-refractivity contribution in [3.63, 3.8) is 0 Å². The van der Waals surface area contributed by atoms with Gasteiger partial charge < -0.3 is 19.2 Å². The molecule has 1 N–H and O–H groups in total. The summed E-state index contributed by atoms with van der Waals surface area (Å²) in [5.74, 6) is 1.24. The van der Waals surface area contributed by atoms with E-state index in [2.05, 4.69) is 10.3 Å². The zero-order valence-electron chi connectivity index (χ0n) is 18.1. The number of carbonyl (C=O) groups is 1. The van der Waals surface area contributed by atoms with Crippen molar-refractivity contribution in [2.75, 3.05) is 6.79 Å². The van der Waals surface area contributed by atoms with Gasteiger partial charge in [0.15, 0.2) is 17.2 Å². The molecule has 168 valence electrons. The number of hydrogen-bond donors (Lipinski definition) is 1. The Hall–Kier alpha value is -3.39. The minimum atomic E-state index is -0.274. The number of carbonyl (C=O) groups excluding carboxylic acids is 1. The number of nitrogens with one attached hydrogen (secondary N) is 1. The first-order valence-corrected chi connectivity index (χ1v) is 10.6. The monoisotopic (exact) mass is 439 g/mol. The van der Waals surface area contributed by atoms with Gasteiger partial charge in [0.1, 0.15) is 12.1 Å². The Morgan fingerprint density at radius 2 is 1.97 bits per heavy atom. The molecule has 4 rings (SSSR count). The fraction of sp³-hybridized carbons (Fsp3) is 0.333. The summed E-state index contributed by atoms with van der Waals surface area (Å²) in [6.07, 6.45) is 2.18. The SMILES string of the molecule is CC[C@@H](C)NC(=O)c1coc(CN(Cc2ccc3c(c2)OCO3)Cc2ccccc2F)n1. The lowest BCUT2D eigenvalue weighted by Crippen LogP contribution is -2.32. The normalized spacial score (nSPS) is 13.4. The Morgan fingerprint density at radius 3 is 2.78 bits per heavy atom. The lowest BCUT2D eigenvalue weighted by Gasteiger charge is -2.21. The average molecular weight is 439 g/mol. The van der Waals surface area contributed by atoms with Crippen LogP contribution in [-0.2, 0) is 19.6 Å². The molecule has 32 heavy (non-hydrogen) atoms. The maximum atomic E-state index is 14.3. The molecule has 0 unspecified atom stereocenters. The number of fused-ring (bicyclic) bond motifs is 1. The first kappa shape index (κ1) is 21.8. The van der Waals surface area contributed by atoms with Crippen molar-refractivity contribution in [2.24, 2.45) is 0 Å². The van der Waals surface area contributed by atoms with Crippen molar-refractivity contribution in [3.8, 4) is 11.5 Å². The predicted octanol–water partition coefficient (Wildman–Crippen LogP) is 4.27. The van der Waals surface area contributed by atoms with Gasteiger partial charge in [0.05, 0.1) is 6.54 Å². The van der Waals surface area contributed by atoms with Gasteiger partial charge in [-0.1, -0.05) is 31.2 Å². The molecule has 0 spiro atoms. The molecule has 8 heteroatoms. The van der Waals surface area contributed by atoms with Gasteiger partial charge in [0.2, 0.25) is 12.7 Å². The summed E-state index contributed by atoms with van der Waals surface area (Å²) in [6, 6.07) is 12.4. The lowest BCUT2D eigenvalue weighted by molar-refractivity contribution is 0.0934. The van der Waals surface area contributed by atoms with Crippen LogP contribution in [0.25, 0.3) is 0 Å². The van der Waals surface area contributed by atoms with Crippen molar-refractivity contribution < 1.29 is 23.1 Å². The Bertz CT molecular complexity index is 1080. The maximum Gasteiger partial charge on any atom is 0.273 e. The molecule has 0 saturated carbocycles. The summed E-state index contributed by atoms with van der Waals surface area (Å²) >= 11 is 0. The molecule has 2 aromatic carbocycles. The van der Waals surface area contributed by atoms with E-state index in [-0.39, 0.29) is 30.3 Å². The van der Waals surface area contributed by atoms with Gasteiger partial charge in [-0.05, 0) is 37.1 Å². The van der Waals surface area contributed by atoms with Crippen LogP contribution in [-0.4, -0.2) is 28.6 Å². The molecule has 1 amide bonds. The van der Waals surface area contributed by atoms with Crippen molar-refractivity contribution in [1.29, 1.82) is 0 Å². The summed E-state index contributed by atoms with van der Waals surface area (Å²) < 4.78 is 30.7. The minimum Gasteiger partial charge on any atom is -0.454 e. The molecule has 0 fully saturated rings. The highest BCUT2D eigenvalue weighted by molar-refractivity contribution is 5.92. The van der Waals surface area contributed by atoms with Crippen LogP contribution in [0, 0.1) is 5.82 Å². The third kappa shape index (κ3) is 5.26. The molecule has 2 heterocycles. The molecule has 3 aromatic rings. The van der Waals surface area contributed by atoms with Crippen molar-refractivity contribution in [2.45, 2.75) is 45.9 Å². The number of aromatic nitrogens is 1. The third-order valence-corrected chi connectivity index (χ3v) is 5.33. The molecule has 1 aromatic heterocycles. The fourth-order valence-electron chi connectivity index (χ4n) is 3.41. The van der Waals surface area contributed by atoms with E-state index in [1.807, 2.05) is 36.9 Å². The first-order chi connectivity index (χ1) is 15.5. The molecule has 7 nitrogen and oxygen atoms in total. The summed E-state index contributed by atoms with van der Waals surface area (Å²) in [5.41, 5.74) is 1.77. The number of oxazole rings is 1. The molecule has 1 aliphatic heterocycles. The molecular formula is C24H26FN3O4. The Kier molecular flexibility index (Phi) is 6.70. The minimum absolute atomic E-state index is 0.0474. The van der Waals surface area contributed by atoms with Crippen LogP contribution in [0.1, 0.15) is 47.8 Å². The first-order valence-electron chi connectivity index (χ1n) is 10.6. The van der Waals surface area contributed by atoms with Crippen molar-refractivity contribution in [1.82, 2.24) is 15.2 Å². The number of nitrogens with zero attached hydrogens (tertiary/aromatic N) is 2. The third-order valence-electron chi connectivity index (χ3n) is 5.33. The number of hydrogen-bond acceptors (Lipinski definition) is 6. The van der Waals surface area contributed by atoms with E-state index in [1.165, 1.54) is 12.3 Å². The van der Waals surface area contributed by atoms with Gasteiger partial charge in [-0.3, -0.25) is 9.69 Å². The largest absolute Gasteiger partial charge is 0.454 e.